The fourth-order valence-corrected chi connectivity index (χ4v) is 4.25. The summed E-state index contributed by atoms with van der Waals surface area (Å²) in [6.07, 6.45) is 0.267. The van der Waals surface area contributed by atoms with Gasteiger partial charge >= 0.3 is 0 Å². The topological polar surface area (TPSA) is 48.0 Å². The third kappa shape index (κ3) is 4.26. The van der Waals surface area contributed by atoms with Crippen LogP contribution in [0.15, 0.2) is 60.7 Å². The van der Waals surface area contributed by atoms with E-state index < -0.39 is 0 Å². The number of fused-ring (bicyclic) bond motifs is 1. The highest BCUT2D eigenvalue weighted by Crippen LogP contribution is 2.44. The maximum atomic E-state index is 13.5. The van der Waals surface area contributed by atoms with Crippen molar-refractivity contribution in [2.75, 3.05) is 25.2 Å². The Hall–Kier alpha value is -3.18. The van der Waals surface area contributed by atoms with Gasteiger partial charge in [-0.15, -0.1) is 0 Å². The molecule has 0 radical (unpaired) electrons. The van der Waals surface area contributed by atoms with Crippen LogP contribution in [0.5, 0.6) is 17.2 Å². The number of amides is 1. The summed E-state index contributed by atoms with van der Waals surface area (Å²) in [6.45, 7) is 4.91. The molecule has 0 aromatic heterocycles. The van der Waals surface area contributed by atoms with Gasteiger partial charge in [-0.1, -0.05) is 29.8 Å². The summed E-state index contributed by atoms with van der Waals surface area (Å²) in [4.78, 5) is 15.3. The van der Waals surface area contributed by atoms with Crippen LogP contribution in [0.25, 0.3) is 0 Å². The number of methoxy groups -OCH3 is 1. The van der Waals surface area contributed by atoms with Crippen LogP contribution in [-0.4, -0.2) is 26.2 Å². The molecule has 0 aliphatic carbocycles. The zero-order valence-corrected chi connectivity index (χ0v) is 19.2. The van der Waals surface area contributed by atoms with E-state index in [1.165, 1.54) is 0 Å². The van der Waals surface area contributed by atoms with Gasteiger partial charge in [0.1, 0.15) is 5.75 Å². The molecule has 0 saturated carbocycles. The summed E-state index contributed by atoms with van der Waals surface area (Å²) in [7, 11) is 1.62. The van der Waals surface area contributed by atoms with Gasteiger partial charge in [0.05, 0.1) is 32.8 Å². The largest absolute Gasteiger partial charge is 0.497 e. The molecule has 1 amide bonds. The lowest BCUT2D eigenvalue weighted by Crippen LogP contribution is -2.41. The van der Waals surface area contributed by atoms with E-state index in [0.29, 0.717) is 35.5 Å². The predicted octanol–water partition coefficient (Wildman–Crippen LogP) is 5.82. The third-order valence-corrected chi connectivity index (χ3v) is 5.74. The minimum Gasteiger partial charge on any atom is -0.497 e. The predicted molar refractivity (Wildman–Crippen MR) is 126 cm³/mol. The molecule has 0 bridgehead atoms. The molecule has 5 nitrogen and oxygen atoms in total. The first-order chi connectivity index (χ1) is 15.5. The summed E-state index contributed by atoms with van der Waals surface area (Å²) in [6, 6.07) is 18.8. The SMILES string of the molecule is CCOc1cc2c(cc1OCC)[C@@H](c1ccc(Cl)cc1)N(c1cccc(OC)c1)C(=O)C2. The van der Waals surface area contributed by atoms with Crippen molar-refractivity contribution in [3.8, 4) is 17.2 Å². The fourth-order valence-electron chi connectivity index (χ4n) is 4.12. The number of carbonyl (C=O) groups excluding carboxylic acids is 1. The van der Waals surface area contributed by atoms with Crippen LogP contribution in [0.1, 0.15) is 36.6 Å². The van der Waals surface area contributed by atoms with Gasteiger partial charge in [-0.2, -0.15) is 0 Å². The van der Waals surface area contributed by atoms with E-state index in [-0.39, 0.29) is 18.4 Å². The maximum absolute atomic E-state index is 13.5. The molecule has 3 aromatic rings. The van der Waals surface area contributed by atoms with Gasteiger partial charge in [-0.05, 0) is 66.9 Å². The van der Waals surface area contributed by atoms with Crippen molar-refractivity contribution in [3.63, 3.8) is 0 Å². The number of rotatable bonds is 7. The molecule has 1 heterocycles. The Morgan fingerprint density at radius 1 is 0.969 bits per heavy atom. The molecule has 166 valence electrons. The smallest absolute Gasteiger partial charge is 0.232 e. The standard InChI is InChI=1S/C26H26ClNO4/c1-4-31-23-13-18-14-25(29)28(20-7-6-8-21(15-20)30-3)26(17-9-11-19(27)12-10-17)22(18)16-24(23)32-5-2/h6-13,15-16,26H,4-5,14H2,1-3H3/t26-/m1/s1. The van der Waals surface area contributed by atoms with Crippen LogP contribution in [0.3, 0.4) is 0 Å². The number of halogens is 1. The van der Waals surface area contributed by atoms with Gasteiger partial charge in [0, 0.05) is 16.8 Å². The first-order valence-electron chi connectivity index (χ1n) is 10.7. The lowest BCUT2D eigenvalue weighted by atomic mass is 9.87. The highest BCUT2D eigenvalue weighted by molar-refractivity contribution is 6.30. The number of hydrogen-bond donors (Lipinski definition) is 0. The van der Waals surface area contributed by atoms with Crippen molar-refractivity contribution in [1.82, 2.24) is 0 Å². The quantitative estimate of drug-likeness (QED) is 0.453. The van der Waals surface area contributed by atoms with E-state index in [2.05, 4.69) is 0 Å². The van der Waals surface area contributed by atoms with Crippen LogP contribution in [0.2, 0.25) is 5.02 Å². The molecule has 1 aliphatic heterocycles. The van der Waals surface area contributed by atoms with E-state index in [1.807, 2.05) is 79.4 Å². The number of nitrogens with zero attached hydrogens (tertiary/aromatic N) is 1. The van der Waals surface area contributed by atoms with E-state index in [0.717, 1.165) is 22.4 Å². The summed E-state index contributed by atoms with van der Waals surface area (Å²) in [5, 5.41) is 0.644. The highest BCUT2D eigenvalue weighted by atomic mass is 35.5. The molecule has 4 rings (SSSR count). The molecule has 0 fully saturated rings. The molecule has 1 atom stereocenters. The van der Waals surface area contributed by atoms with Crippen molar-refractivity contribution >= 4 is 23.2 Å². The van der Waals surface area contributed by atoms with Crippen LogP contribution in [0.4, 0.5) is 5.69 Å². The molecule has 6 heteroatoms. The van der Waals surface area contributed by atoms with Gasteiger partial charge in [0.15, 0.2) is 11.5 Å². The first kappa shape index (κ1) is 22.0. The summed E-state index contributed by atoms with van der Waals surface area (Å²) in [5.74, 6) is 2.02. The second-order valence-corrected chi connectivity index (χ2v) is 7.90. The number of carbonyl (C=O) groups is 1. The van der Waals surface area contributed by atoms with Crippen LogP contribution in [-0.2, 0) is 11.2 Å². The molecular formula is C26H26ClNO4. The number of anilines is 1. The van der Waals surface area contributed by atoms with Crippen molar-refractivity contribution in [3.05, 3.63) is 82.4 Å². The van der Waals surface area contributed by atoms with Crippen LogP contribution < -0.4 is 19.1 Å². The zero-order valence-electron chi connectivity index (χ0n) is 18.4. The lowest BCUT2D eigenvalue weighted by molar-refractivity contribution is -0.118. The summed E-state index contributed by atoms with van der Waals surface area (Å²) < 4.78 is 17.1. The van der Waals surface area contributed by atoms with Crippen molar-refractivity contribution in [1.29, 1.82) is 0 Å². The summed E-state index contributed by atoms with van der Waals surface area (Å²) in [5.41, 5.74) is 3.66. The zero-order chi connectivity index (χ0) is 22.7. The highest BCUT2D eigenvalue weighted by Gasteiger charge is 2.36. The fraction of sp³-hybridized carbons (Fsp3) is 0.269. The maximum Gasteiger partial charge on any atom is 0.232 e. The minimum absolute atomic E-state index is 0.00249. The van der Waals surface area contributed by atoms with E-state index >= 15 is 0 Å². The van der Waals surface area contributed by atoms with E-state index in [1.54, 1.807) is 7.11 Å². The van der Waals surface area contributed by atoms with Crippen molar-refractivity contribution < 1.29 is 19.0 Å². The first-order valence-corrected chi connectivity index (χ1v) is 11.1. The van der Waals surface area contributed by atoms with Gasteiger partial charge in [-0.3, -0.25) is 4.79 Å². The second-order valence-electron chi connectivity index (χ2n) is 7.46. The molecule has 0 saturated heterocycles. The Morgan fingerprint density at radius 3 is 2.31 bits per heavy atom. The molecule has 3 aromatic carbocycles. The van der Waals surface area contributed by atoms with E-state index in [9.17, 15) is 4.79 Å². The molecule has 0 spiro atoms. The van der Waals surface area contributed by atoms with Gasteiger partial charge < -0.3 is 19.1 Å². The molecule has 1 aliphatic rings. The average Bonchev–Trinajstić information content (AvgIpc) is 2.80. The molecule has 0 N–H and O–H groups in total. The third-order valence-electron chi connectivity index (χ3n) is 5.49. The Balaban J connectivity index is 1.92. The Morgan fingerprint density at radius 2 is 1.66 bits per heavy atom. The van der Waals surface area contributed by atoms with Crippen molar-refractivity contribution in [2.24, 2.45) is 0 Å². The second kappa shape index (κ2) is 9.53. The normalized spacial score (nSPS) is 15.3. The Kier molecular flexibility index (Phi) is 6.56. The lowest BCUT2D eigenvalue weighted by Gasteiger charge is -2.38. The number of benzene rings is 3. The molecule has 32 heavy (non-hydrogen) atoms. The number of hydrogen-bond acceptors (Lipinski definition) is 4. The van der Waals surface area contributed by atoms with Crippen molar-refractivity contribution in [2.45, 2.75) is 26.3 Å². The monoisotopic (exact) mass is 451 g/mol. The number of ether oxygens (including phenoxy) is 3. The van der Waals surface area contributed by atoms with Gasteiger partial charge in [0.25, 0.3) is 0 Å². The molecular weight excluding hydrogens is 426 g/mol. The summed E-state index contributed by atoms with van der Waals surface area (Å²) >= 11 is 6.16. The van der Waals surface area contributed by atoms with Crippen LogP contribution >= 0.6 is 11.6 Å². The van der Waals surface area contributed by atoms with Gasteiger partial charge in [-0.25, -0.2) is 0 Å². The average molecular weight is 452 g/mol. The minimum atomic E-state index is -0.342. The van der Waals surface area contributed by atoms with Gasteiger partial charge in [0.2, 0.25) is 5.91 Å². The molecule has 0 unspecified atom stereocenters. The van der Waals surface area contributed by atoms with Crippen LogP contribution in [0, 0.1) is 0 Å². The van der Waals surface area contributed by atoms with E-state index in [4.69, 9.17) is 25.8 Å². The Labute approximate surface area is 193 Å². The Bertz CT molecular complexity index is 1110.